The minimum Gasteiger partial charge on any atom is -0.379 e. The van der Waals surface area contributed by atoms with Crippen molar-refractivity contribution in [3.8, 4) is 0 Å². The summed E-state index contributed by atoms with van der Waals surface area (Å²) in [6.07, 6.45) is 1.35. The number of nitrogens with two attached hydrogens (primary N) is 1. The normalized spacial score (nSPS) is 16.1. The molecule has 1 aliphatic rings. The van der Waals surface area contributed by atoms with E-state index in [9.17, 15) is 9.59 Å². The molecule has 0 bridgehead atoms. The summed E-state index contributed by atoms with van der Waals surface area (Å²) < 4.78 is 9.17. The van der Waals surface area contributed by atoms with Crippen molar-refractivity contribution in [1.82, 2.24) is 20.5 Å². The predicted molar refractivity (Wildman–Crippen MR) is 67.7 cm³/mol. The molecule has 1 fully saturated rings. The number of carbonyl (C=O) groups excluding carboxylic acids is 2. The van der Waals surface area contributed by atoms with E-state index in [0.29, 0.717) is 25.9 Å². The van der Waals surface area contributed by atoms with E-state index in [1.165, 1.54) is 7.11 Å². The highest BCUT2D eigenvalue weighted by Gasteiger charge is 2.27. The van der Waals surface area contributed by atoms with Gasteiger partial charge in [0.25, 0.3) is 5.91 Å². The van der Waals surface area contributed by atoms with Crippen molar-refractivity contribution >= 4 is 17.6 Å². The van der Waals surface area contributed by atoms with Crippen LogP contribution < -0.4 is 11.1 Å². The fourth-order valence-electron chi connectivity index (χ4n) is 2.12. The Bertz CT molecular complexity index is 481. The molecule has 0 unspecified atom stereocenters. The third kappa shape index (κ3) is 3.23. The highest BCUT2D eigenvalue weighted by molar-refractivity contribution is 5.96. The van der Waals surface area contributed by atoms with Crippen molar-refractivity contribution < 1.29 is 19.0 Å². The number of rotatable bonds is 4. The number of aromatic nitrogens is 2. The molecule has 0 aromatic carbocycles. The molecule has 3 N–H and O–H groups in total. The third-order valence-electron chi connectivity index (χ3n) is 3.14. The Morgan fingerprint density at radius 1 is 1.45 bits per heavy atom. The number of methoxy groups -OCH3 is 1. The van der Waals surface area contributed by atoms with Gasteiger partial charge in [0, 0.05) is 26.2 Å². The third-order valence-corrected chi connectivity index (χ3v) is 3.14. The van der Waals surface area contributed by atoms with Crippen LogP contribution in [0.3, 0.4) is 0 Å². The SMILES string of the molecule is COCC(=O)NC1CCN(C(=O)c2nonc2N)CC1. The Balaban J connectivity index is 1.84. The first kappa shape index (κ1) is 14.3. The monoisotopic (exact) mass is 283 g/mol. The molecule has 2 heterocycles. The summed E-state index contributed by atoms with van der Waals surface area (Å²) in [6, 6.07) is 0.0504. The first-order chi connectivity index (χ1) is 9.61. The van der Waals surface area contributed by atoms with Crippen molar-refractivity contribution in [2.45, 2.75) is 18.9 Å². The Kier molecular flexibility index (Phi) is 4.51. The van der Waals surface area contributed by atoms with Crippen LogP contribution in [0.25, 0.3) is 0 Å². The molecule has 110 valence electrons. The molecule has 1 saturated heterocycles. The van der Waals surface area contributed by atoms with Crippen molar-refractivity contribution in [1.29, 1.82) is 0 Å². The molecule has 0 radical (unpaired) electrons. The standard InChI is InChI=1S/C11H17N5O4/c1-19-6-8(17)13-7-2-4-16(5-3-7)11(18)9-10(12)15-20-14-9/h7H,2-6H2,1H3,(H2,12,15)(H,13,17). The van der Waals surface area contributed by atoms with Crippen LogP contribution in [0, 0.1) is 0 Å². The molecule has 2 amide bonds. The largest absolute Gasteiger partial charge is 0.379 e. The lowest BCUT2D eigenvalue weighted by atomic mass is 10.0. The summed E-state index contributed by atoms with van der Waals surface area (Å²) >= 11 is 0. The van der Waals surface area contributed by atoms with Crippen LogP contribution in [-0.2, 0) is 9.53 Å². The van der Waals surface area contributed by atoms with Crippen molar-refractivity contribution in [3.63, 3.8) is 0 Å². The van der Waals surface area contributed by atoms with E-state index in [-0.39, 0.29) is 36.0 Å². The second kappa shape index (κ2) is 6.33. The van der Waals surface area contributed by atoms with E-state index in [4.69, 9.17) is 10.5 Å². The fraction of sp³-hybridized carbons (Fsp3) is 0.636. The molecule has 9 heteroatoms. The second-order valence-electron chi connectivity index (χ2n) is 4.57. The summed E-state index contributed by atoms with van der Waals surface area (Å²) in [5, 5.41) is 9.73. The molecule has 1 aromatic heterocycles. The number of anilines is 1. The maximum absolute atomic E-state index is 12.1. The molecule has 9 nitrogen and oxygen atoms in total. The molecule has 1 aromatic rings. The van der Waals surface area contributed by atoms with Crippen molar-refractivity contribution in [3.05, 3.63) is 5.69 Å². The Morgan fingerprint density at radius 3 is 2.70 bits per heavy atom. The number of piperidine rings is 1. The van der Waals surface area contributed by atoms with Crippen LogP contribution in [0.4, 0.5) is 5.82 Å². The molecule has 0 saturated carbocycles. The lowest BCUT2D eigenvalue weighted by Gasteiger charge is -2.31. The van der Waals surface area contributed by atoms with E-state index in [0.717, 1.165) is 0 Å². The van der Waals surface area contributed by atoms with E-state index < -0.39 is 0 Å². The van der Waals surface area contributed by atoms with Crippen LogP contribution in [0.15, 0.2) is 4.63 Å². The molecular formula is C11H17N5O4. The van der Waals surface area contributed by atoms with Gasteiger partial charge in [-0.15, -0.1) is 0 Å². The molecule has 1 aliphatic heterocycles. The first-order valence-corrected chi connectivity index (χ1v) is 6.27. The minimum atomic E-state index is -0.301. The van der Waals surface area contributed by atoms with Gasteiger partial charge in [-0.05, 0) is 23.2 Å². The van der Waals surface area contributed by atoms with Gasteiger partial charge >= 0.3 is 0 Å². The van der Waals surface area contributed by atoms with E-state index >= 15 is 0 Å². The molecule has 20 heavy (non-hydrogen) atoms. The smallest absolute Gasteiger partial charge is 0.280 e. The minimum absolute atomic E-state index is 0.00878. The number of nitrogens with zero attached hydrogens (tertiary/aromatic N) is 3. The fourth-order valence-corrected chi connectivity index (χ4v) is 2.12. The summed E-state index contributed by atoms with van der Waals surface area (Å²) in [6.45, 7) is 1.08. The number of nitrogens with one attached hydrogen (secondary N) is 1. The predicted octanol–water partition coefficient (Wildman–Crippen LogP) is -0.981. The summed E-state index contributed by atoms with van der Waals surface area (Å²) in [4.78, 5) is 25.1. The maximum Gasteiger partial charge on any atom is 0.280 e. The highest BCUT2D eigenvalue weighted by Crippen LogP contribution is 2.15. The molecule has 0 aliphatic carbocycles. The number of hydrogen-bond acceptors (Lipinski definition) is 7. The van der Waals surface area contributed by atoms with E-state index in [1.807, 2.05) is 0 Å². The Labute approximate surface area is 115 Å². The quantitative estimate of drug-likeness (QED) is 0.727. The van der Waals surface area contributed by atoms with Gasteiger partial charge in [-0.25, -0.2) is 4.63 Å². The Morgan fingerprint density at radius 2 is 2.15 bits per heavy atom. The van der Waals surface area contributed by atoms with Crippen LogP contribution in [-0.4, -0.2) is 59.9 Å². The number of nitrogen functional groups attached to an aromatic ring is 1. The van der Waals surface area contributed by atoms with Crippen LogP contribution in [0.2, 0.25) is 0 Å². The molecule has 0 spiro atoms. The lowest BCUT2D eigenvalue weighted by Crippen LogP contribution is -2.47. The number of ether oxygens (including phenoxy) is 1. The lowest BCUT2D eigenvalue weighted by molar-refractivity contribution is -0.125. The van der Waals surface area contributed by atoms with Crippen LogP contribution in [0.1, 0.15) is 23.3 Å². The van der Waals surface area contributed by atoms with Gasteiger partial charge in [-0.3, -0.25) is 9.59 Å². The number of hydrogen-bond donors (Lipinski definition) is 2. The average Bonchev–Trinajstić information content (AvgIpc) is 2.85. The zero-order chi connectivity index (χ0) is 14.5. The maximum atomic E-state index is 12.1. The van der Waals surface area contributed by atoms with Crippen LogP contribution >= 0.6 is 0 Å². The highest BCUT2D eigenvalue weighted by atomic mass is 16.6. The summed E-state index contributed by atoms with van der Waals surface area (Å²) in [5.74, 6) is -0.460. The van der Waals surface area contributed by atoms with Gasteiger partial charge < -0.3 is 20.7 Å². The van der Waals surface area contributed by atoms with Gasteiger partial charge in [0.1, 0.15) is 6.61 Å². The van der Waals surface area contributed by atoms with Crippen LogP contribution in [0.5, 0.6) is 0 Å². The Hall–Kier alpha value is -2.16. The topological polar surface area (TPSA) is 124 Å². The van der Waals surface area contributed by atoms with Gasteiger partial charge in [-0.1, -0.05) is 0 Å². The van der Waals surface area contributed by atoms with E-state index in [2.05, 4.69) is 20.3 Å². The van der Waals surface area contributed by atoms with Crippen molar-refractivity contribution in [2.24, 2.45) is 0 Å². The number of likely N-dealkylation sites (tertiary alicyclic amines) is 1. The molecule has 2 rings (SSSR count). The summed E-state index contributed by atoms with van der Waals surface area (Å²) in [5.41, 5.74) is 5.52. The van der Waals surface area contributed by atoms with Gasteiger partial charge in [0.2, 0.25) is 17.4 Å². The zero-order valence-corrected chi connectivity index (χ0v) is 11.2. The van der Waals surface area contributed by atoms with Gasteiger partial charge in [-0.2, -0.15) is 0 Å². The van der Waals surface area contributed by atoms with E-state index in [1.54, 1.807) is 4.90 Å². The molecule has 0 atom stereocenters. The average molecular weight is 283 g/mol. The number of amides is 2. The number of carbonyl (C=O) groups is 2. The van der Waals surface area contributed by atoms with Gasteiger partial charge in [0.05, 0.1) is 0 Å². The summed E-state index contributed by atoms with van der Waals surface area (Å²) in [7, 11) is 1.47. The zero-order valence-electron chi connectivity index (χ0n) is 11.2. The second-order valence-corrected chi connectivity index (χ2v) is 4.57. The molecular weight excluding hydrogens is 266 g/mol. The first-order valence-electron chi connectivity index (χ1n) is 6.27. The van der Waals surface area contributed by atoms with Gasteiger partial charge in [0.15, 0.2) is 0 Å². The van der Waals surface area contributed by atoms with Crippen molar-refractivity contribution in [2.75, 3.05) is 32.5 Å².